The Bertz CT molecular complexity index is 1420. The van der Waals surface area contributed by atoms with Gasteiger partial charge in [0.2, 0.25) is 0 Å². The third-order valence-electron chi connectivity index (χ3n) is 5.21. The predicted octanol–water partition coefficient (Wildman–Crippen LogP) is 4.74. The first-order chi connectivity index (χ1) is 15.2. The molecular formula is C22H20ClN3O4S2. The summed E-state index contributed by atoms with van der Waals surface area (Å²) in [4.78, 5) is 17.1. The first-order valence-corrected chi connectivity index (χ1v) is 12.7. The van der Waals surface area contributed by atoms with E-state index in [9.17, 15) is 18.3 Å². The van der Waals surface area contributed by atoms with Crippen molar-refractivity contribution in [2.24, 2.45) is 0 Å². The molecule has 4 rings (SSSR count). The number of carboxylic acid groups (broad SMARTS) is 1. The Morgan fingerprint density at radius 2 is 1.91 bits per heavy atom. The van der Waals surface area contributed by atoms with E-state index in [1.807, 2.05) is 13.8 Å². The molecule has 0 saturated carbocycles. The van der Waals surface area contributed by atoms with Crippen LogP contribution >= 0.6 is 23.1 Å². The highest BCUT2D eigenvalue weighted by Crippen LogP contribution is 2.27. The van der Waals surface area contributed by atoms with Gasteiger partial charge < -0.3 is 9.67 Å². The maximum atomic E-state index is 12.9. The van der Waals surface area contributed by atoms with E-state index in [0.717, 1.165) is 33.8 Å². The van der Waals surface area contributed by atoms with Crippen LogP contribution < -0.4 is 0 Å². The molecule has 7 nitrogen and oxygen atoms in total. The lowest BCUT2D eigenvalue weighted by Gasteiger charge is -2.10. The Balaban J connectivity index is 1.59. The number of fused-ring (bicyclic) bond motifs is 1. The number of carboxylic acids is 1. The standard InChI is InChI=1S/C22H20ClN3O4S2/c1-3-18-24-20-13(2)25-31-21(20)26(18)11-14-7-9-16(10-8-14)32(29,30)12-15-5-4-6-17(19(15)23)22(27)28/h4-10H,3,11-12H2,1-2H3,(H,27,28). The van der Waals surface area contributed by atoms with Crippen LogP contribution in [0.25, 0.3) is 10.3 Å². The van der Waals surface area contributed by atoms with Gasteiger partial charge in [-0.2, -0.15) is 4.37 Å². The third-order valence-corrected chi connectivity index (χ3v) is 8.29. The lowest BCUT2D eigenvalue weighted by Crippen LogP contribution is -2.08. The van der Waals surface area contributed by atoms with Crippen molar-refractivity contribution in [1.82, 2.24) is 13.9 Å². The van der Waals surface area contributed by atoms with Crippen LogP contribution in [0.1, 0.15) is 39.9 Å². The third kappa shape index (κ3) is 4.15. The number of benzene rings is 2. The number of nitrogens with zero attached hydrogens (tertiary/aromatic N) is 3. The molecule has 0 aliphatic rings. The lowest BCUT2D eigenvalue weighted by molar-refractivity contribution is 0.0697. The van der Waals surface area contributed by atoms with Gasteiger partial charge in [-0.1, -0.05) is 42.8 Å². The molecule has 0 amide bonds. The van der Waals surface area contributed by atoms with E-state index in [2.05, 4.69) is 13.9 Å². The molecule has 0 spiro atoms. The van der Waals surface area contributed by atoms with Crippen LogP contribution in [0.5, 0.6) is 0 Å². The Labute approximate surface area is 194 Å². The number of rotatable bonds is 7. The fourth-order valence-corrected chi connectivity index (χ4v) is 6.11. The van der Waals surface area contributed by atoms with Gasteiger partial charge in [0.15, 0.2) is 9.84 Å². The molecule has 2 heterocycles. The summed E-state index contributed by atoms with van der Waals surface area (Å²) >= 11 is 7.53. The largest absolute Gasteiger partial charge is 0.478 e. The van der Waals surface area contributed by atoms with Crippen molar-refractivity contribution in [3.63, 3.8) is 0 Å². The monoisotopic (exact) mass is 489 g/mol. The molecule has 0 saturated heterocycles. The molecule has 0 aliphatic heterocycles. The number of aromatic nitrogens is 3. The van der Waals surface area contributed by atoms with Crippen LogP contribution in [0.3, 0.4) is 0 Å². The maximum Gasteiger partial charge on any atom is 0.337 e. The lowest BCUT2D eigenvalue weighted by atomic mass is 10.1. The molecule has 0 radical (unpaired) electrons. The van der Waals surface area contributed by atoms with Crippen LogP contribution in [0.2, 0.25) is 5.02 Å². The van der Waals surface area contributed by atoms with Gasteiger partial charge in [0, 0.05) is 6.42 Å². The fraction of sp³-hybridized carbons (Fsp3) is 0.227. The highest BCUT2D eigenvalue weighted by atomic mass is 35.5. The van der Waals surface area contributed by atoms with E-state index in [-0.39, 0.29) is 26.8 Å². The fourth-order valence-electron chi connectivity index (χ4n) is 3.53. The number of sulfone groups is 1. The summed E-state index contributed by atoms with van der Waals surface area (Å²) in [6.07, 6.45) is 0.781. The minimum Gasteiger partial charge on any atom is -0.478 e. The number of carbonyl (C=O) groups is 1. The molecule has 32 heavy (non-hydrogen) atoms. The normalized spacial score (nSPS) is 11.8. The first kappa shape index (κ1) is 22.4. The second-order valence-electron chi connectivity index (χ2n) is 7.38. The molecule has 0 fully saturated rings. The Kier molecular flexibility index (Phi) is 6.07. The first-order valence-electron chi connectivity index (χ1n) is 9.85. The topological polar surface area (TPSA) is 102 Å². The van der Waals surface area contributed by atoms with Gasteiger partial charge in [-0.05, 0) is 47.8 Å². The van der Waals surface area contributed by atoms with Gasteiger partial charge in [-0.25, -0.2) is 18.2 Å². The van der Waals surface area contributed by atoms with Gasteiger partial charge in [0.25, 0.3) is 0 Å². The maximum absolute atomic E-state index is 12.9. The van der Waals surface area contributed by atoms with E-state index < -0.39 is 15.8 Å². The average molecular weight is 490 g/mol. The number of hydrogen-bond acceptors (Lipinski definition) is 6. The van der Waals surface area contributed by atoms with Gasteiger partial charge in [0.1, 0.15) is 16.2 Å². The zero-order valence-electron chi connectivity index (χ0n) is 17.4. The van der Waals surface area contributed by atoms with E-state index in [4.69, 9.17) is 11.6 Å². The molecule has 0 bridgehead atoms. The smallest absolute Gasteiger partial charge is 0.337 e. The minimum absolute atomic E-state index is 0.0590. The Morgan fingerprint density at radius 1 is 1.19 bits per heavy atom. The molecule has 1 N–H and O–H groups in total. The van der Waals surface area contributed by atoms with Crippen molar-refractivity contribution >= 4 is 49.3 Å². The van der Waals surface area contributed by atoms with Crippen LogP contribution in [0.15, 0.2) is 47.4 Å². The number of halogens is 1. The zero-order chi connectivity index (χ0) is 23.0. The number of aryl methyl sites for hydroxylation is 2. The number of hydrogen-bond donors (Lipinski definition) is 1. The summed E-state index contributed by atoms with van der Waals surface area (Å²) in [5.74, 6) is -0.620. The zero-order valence-corrected chi connectivity index (χ0v) is 19.8. The SMILES string of the molecule is CCc1nc2c(C)nsc2n1Cc1ccc(S(=O)(=O)Cc2cccc(C(=O)O)c2Cl)cc1. The molecule has 2 aromatic heterocycles. The van der Waals surface area contributed by atoms with Crippen LogP contribution in [0, 0.1) is 6.92 Å². The quantitative estimate of drug-likeness (QED) is 0.402. The summed E-state index contributed by atoms with van der Waals surface area (Å²) in [5, 5.41) is 9.14. The summed E-state index contributed by atoms with van der Waals surface area (Å²) in [7, 11) is -3.71. The van der Waals surface area contributed by atoms with Crippen LogP contribution in [-0.2, 0) is 28.6 Å². The predicted molar refractivity (Wildman–Crippen MR) is 124 cm³/mol. The molecule has 166 valence electrons. The van der Waals surface area contributed by atoms with Crippen molar-refractivity contribution in [3.05, 3.63) is 75.7 Å². The van der Waals surface area contributed by atoms with Crippen LogP contribution in [-0.4, -0.2) is 33.4 Å². The molecule has 0 aliphatic carbocycles. The Hall–Kier alpha value is -2.75. The van der Waals surface area contributed by atoms with Crippen molar-refractivity contribution < 1.29 is 18.3 Å². The molecule has 10 heteroatoms. The second-order valence-corrected chi connectivity index (χ2v) is 10.5. The van der Waals surface area contributed by atoms with Crippen molar-refractivity contribution in [3.8, 4) is 0 Å². The molecule has 0 atom stereocenters. The Morgan fingerprint density at radius 3 is 2.56 bits per heavy atom. The highest BCUT2D eigenvalue weighted by molar-refractivity contribution is 7.90. The number of aromatic carboxylic acids is 1. The van der Waals surface area contributed by atoms with Crippen molar-refractivity contribution in [1.29, 1.82) is 0 Å². The van der Waals surface area contributed by atoms with E-state index in [1.54, 1.807) is 24.3 Å². The number of imidazole rings is 1. The summed E-state index contributed by atoms with van der Waals surface area (Å²) in [5.41, 5.74) is 2.89. The van der Waals surface area contributed by atoms with E-state index in [1.165, 1.54) is 29.7 Å². The molecule has 2 aromatic carbocycles. The summed E-state index contributed by atoms with van der Waals surface area (Å²) in [6.45, 7) is 4.55. The van der Waals surface area contributed by atoms with Crippen molar-refractivity contribution in [2.75, 3.05) is 0 Å². The molecule has 4 aromatic rings. The average Bonchev–Trinajstić information content (AvgIpc) is 3.29. The van der Waals surface area contributed by atoms with E-state index in [0.29, 0.717) is 6.54 Å². The van der Waals surface area contributed by atoms with Gasteiger partial charge in [0.05, 0.1) is 33.5 Å². The van der Waals surface area contributed by atoms with Crippen molar-refractivity contribution in [2.45, 2.75) is 37.5 Å². The van der Waals surface area contributed by atoms with Gasteiger partial charge in [-0.15, -0.1) is 0 Å². The molecule has 0 unspecified atom stereocenters. The van der Waals surface area contributed by atoms with Gasteiger partial charge in [-0.3, -0.25) is 0 Å². The van der Waals surface area contributed by atoms with Crippen LogP contribution in [0.4, 0.5) is 0 Å². The highest BCUT2D eigenvalue weighted by Gasteiger charge is 2.20. The second kappa shape index (κ2) is 8.65. The molecular weight excluding hydrogens is 470 g/mol. The van der Waals surface area contributed by atoms with Gasteiger partial charge >= 0.3 is 5.97 Å². The summed E-state index contributed by atoms with van der Waals surface area (Å²) in [6, 6.07) is 11.0. The van der Waals surface area contributed by atoms with E-state index >= 15 is 0 Å². The summed E-state index contributed by atoms with van der Waals surface area (Å²) < 4.78 is 32.3. The minimum atomic E-state index is -3.71.